The molecule has 1 saturated heterocycles. The Bertz CT molecular complexity index is 1730. The number of carbonyl (C=O) groups excluding carboxylic acids is 2. The molecule has 1 aliphatic heterocycles. The molecular weight excluding hydrogens is 546 g/mol. The van der Waals surface area contributed by atoms with Crippen molar-refractivity contribution in [3.63, 3.8) is 0 Å². The van der Waals surface area contributed by atoms with Crippen molar-refractivity contribution in [3.05, 3.63) is 90.1 Å². The van der Waals surface area contributed by atoms with Crippen LogP contribution in [0.4, 0.5) is 14.5 Å². The molecule has 4 heterocycles. The first-order valence-electron chi connectivity index (χ1n) is 13.3. The number of H-pyrrole nitrogens is 1. The lowest BCUT2D eigenvalue weighted by Gasteiger charge is -2.38. The van der Waals surface area contributed by atoms with Crippen molar-refractivity contribution >= 4 is 28.4 Å². The molecule has 214 valence electrons. The Morgan fingerprint density at radius 2 is 1.81 bits per heavy atom. The predicted octanol–water partition coefficient (Wildman–Crippen LogP) is 2.73. The number of aromatic amines is 1. The maximum atomic E-state index is 13.5. The zero-order valence-electron chi connectivity index (χ0n) is 22.6. The summed E-state index contributed by atoms with van der Waals surface area (Å²) in [6.07, 6.45) is 3.47. The molecule has 3 aromatic heterocycles. The van der Waals surface area contributed by atoms with E-state index in [1.165, 1.54) is 6.92 Å². The lowest BCUT2D eigenvalue weighted by molar-refractivity contribution is -0.653. The van der Waals surface area contributed by atoms with Crippen LogP contribution in [0.15, 0.2) is 73.1 Å². The predicted molar refractivity (Wildman–Crippen MR) is 147 cm³/mol. The summed E-state index contributed by atoms with van der Waals surface area (Å²) in [5.41, 5.74) is 3.42. The number of carbonyl (C=O) groups is 2. The van der Waals surface area contributed by atoms with Crippen molar-refractivity contribution in [1.29, 1.82) is 0 Å². The van der Waals surface area contributed by atoms with E-state index in [0.29, 0.717) is 42.4 Å². The number of aromatic nitrogens is 7. The number of tetrazole rings is 1. The van der Waals surface area contributed by atoms with Gasteiger partial charge in [0.1, 0.15) is 11.2 Å². The van der Waals surface area contributed by atoms with Gasteiger partial charge in [0.15, 0.2) is 5.82 Å². The number of hydrogen-bond acceptors (Lipinski definition) is 7. The first-order valence-corrected chi connectivity index (χ1v) is 13.3. The second-order valence-corrected chi connectivity index (χ2v) is 9.88. The highest BCUT2D eigenvalue weighted by molar-refractivity contribution is 5.93. The van der Waals surface area contributed by atoms with Gasteiger partial charge in [0.05, 0.1) is 11.4 Å². The molecule has 42 heavy (non-hydrogen) atoms. The molecule has 2 aromatic carbocycles. The van der Waals surface area contributed by atoms with Crippen molar-refractivity contribution in [1.82, 2.24) is 40.1 Å². The summed E-state index contributed by atoms with van der Waals surface area (Å²) in [7, 11) is 0. The van der Waals surface area contributed by atoms with Gasteiger partial charge in [-0.15, -0.1) is 10.2 Å². The molecule has 2 amide bonds. The smallest absolute Gasteiger partial charge is 0.335 e. The van der Waals surface area contributed by atoms with Crippen molar-refractivity contribution in [2.45, 2.75) is 19.5 Å². The average molecular weight is 574 g/mol. The molecule has 1 atom stereocenters. The van der Waals surface area contributed by atoms with Crippen LogP contribution in [0, 0.1) is 0 Å². The fourth-order valence-electron chi connectivity index (χ4n) is 5.11. The number of pyridine rings is 1. The number of rotatable bonds is 7. The quantitative estimate of drug-likeness (QED) is 0.287. The van der Waals surface area contributed by atoms with Crippen LogP contribution in [0.5, 0.6) is 0 Å². The zero-order chi connectivity index (χ0) is 29.2. The van der Waals surface area contributed by atoms with E-state index in [2.05, 4.69) is 35.7 Å². The summed E-state index contributed by atoms with van der Waals surface area (Å²) < 4.78 is 28.1. The normalized spacial score (nSPS) is 14.8. The van der Waals surface area contributed by atoms with Crippen molar-refractivity contribution < 1.29 is 23.1 Å². The summed E-state index contributed by atoms with van der Waals surface area (Å²) in [5.74, 6) is -0.183. The summed E-state index contributed by atoms with van der Waals surface area (Å²) in [5, 5.41) is 18.3. The van der Waals surface area contributed by atoms with Gasteiger partial charge >= 0.3 is 6.55 Å². The Morgan fingerprint density at radius 3 is 2.52 bits per heavy atom. The topological polar surface area (TPSA) is 129 Å². The van der Waals surface area contributed by atoms with Crippen LogP contribution >= 0.6 is 0 Å². The maximum Gasteiger partial charge on any atom is 0.350 e. The number of benzene rings is 2. The van der Waals surface area contributed by atoms with Gasteiger partial charge < -0.3 is 10.2 Å². The largest absolute Gasteiger partial charge is 0.350 e. The van der Waals surface area contributed by atoms with E-state index in [-0.39, 0.29) is 17.6 Å². The molecule has 5 aromatic rings. The van der Waals surface area contributed by atoms with Crippen LogP contribution in [0.1, 0.15) is 41.4 Å². The van der Waals surface area contributed by atoms with Gasteiger partial charge in [-0.3, -0.25) is 19.5 Å². The Hall–Kier alpha value is -5.11. The van der Waals surface area contributed by atoms with E-state index in [0.717, 1.165) is 22.2 Å². The SMILES string of the molecule is CC(=O)Nc1ccc2[nH][n+](-c3ccnc(C(=O)N4CCN(C(c5ccccc5)c5nnn(C(F)F)n5)CC4)c3)cc2c1. The summed E-state index contributed by atoms with van der Waals surface area (Å²) >= 11 is 0. The van der Waals surface area contributed by atoms with Gasteiger partial charge in [0.2, 0.25) is 17.8 Å². The third kappa shape index (κ3) is 5.56. The minimum atomic E-state index is -2.89. The molecule has 1 aliphatic rings. The van der Waals surface area contributed by atoms with Crippen molar-refractivity contribution in [3.8, 4) is 5.69 Å². The molecule has 0 radical (unpaired) electrons. The van der Waals surface area contributed by atoms with Gasteiger partial charge in [-0.05, 0) is 29.0 Å². The summed E-state index contributed by atoms with van der Waals surface area (Å²) in [6.45, 7) is 0.330. The molecule has 0 spiro atoms. The van der Waals surface area contributed by atoms with Gasteiger partial charge in [-0.1, -0.05) is 39.8 Å². The lowest BCUT2D eigenvalue weighted by Crippen LogP contribution is -2.50. The number of amides is 2. The van der Waals surface area contributed by atoms with E-state index >= 15 is 0 Å². The monoisotopic (exact) mass is 573 g/mol. The van der Waals surface area contributed by atoms with E-state index in [9.17, 15) is 18.4 Å². The van der Waals surface area contributed by atoms with Gasteiger partial charge in [0, 0.05) is 57.1 Å². The van der Waals surface area contributed by atoms with Crippen molar-refractivity contribution in [2.24, 2.45) is 0 Å². The molecule has 0 bridgehead atoms. The number of alkyl halides is 2. The highest BCUT2D eigenvalue weighted by Gasteiger charge is 2.32. The molecule has 0 saturated carbocycles. The van der Waals surface area contributed by atoms with Crippen LogP contribution in [-0.4, -0.2) is 78.1 Å². The van der Waals surface area contributed by atoms with Crippen LogP contribution in [0.3, 0.4) is 0 Å². The van der Waals surface area contributed by atoms with Crippen LogP contribution in [0.25, 0.3) is 16.6 Å². The van der Waals surface area contributed by atoms with Crippen molar-refractivity contribution in [2.75, 3.05) is 31.5 Å². The average Bonchev–Trinajstić information content (AvgIpc) is 3.66. The fourth-order valence-corrected chi connectivity index (χ4v) is 5.11. The van der Waals surface area contributed by atoms with Crippen LogP contribution in [-0.2, 0) is 4.79 Å². The van der Waals surface area contributed by atoms with Crippen LogP contribution in [0.2, 0.25) is 0 Å². The van der Waals surface area contributed by atoms with E-state index < -0.39 is 12.6 Å². The van der Waals surface area contributed by atoms with E-state index in [1.54, 1.807) is 27.9 Å². The van der Waals surface area contributed by atoms with Gasteiger partial charge in [-0.25, -0.2) is 0 Å². The first kappa shape index (κ1) is 27.1. The number of hydrogen-bond donors (Lipinski definition) is 2. The molecular formula is C28H27F2N10O2+. The molecule has 2 N–H and O–H groups in total. The maximum absolute atomic E-state index is 13.5. The molecule has 12 nitrogen and oxygen atoms in total. The molecule has 6 rings (SSSR count). The Balaban J connectivity index is 1.18. The highest BCUT2D eigenvalue weighted by Crippen LogP contribution is 2.28. The second-order valence-electron chi connectivity index (χ2n) is 9.88. The molecule has 1 fully saturated rings. The zero-order valence-corrected chi connectivity index (χ0v) is 22.6. The Morgan fingerprint density at radius 1 is 1.02 bits per heavy atom. The first-order chi connectivity index (χ1) is 20.4. The summed E-state index contributed by atoms with van der Waals surface area (Å²) in [4.78, 5) is 33.3. The van der Waals surface area contributed by atoms with Gasteiger partial charge in [-0.2, -0.15) is 13.9 Å². The van der Waals surface area contributed by atoms with Gasteiger partial charge in [0.25, 0.3) is 5.91 Å². The number of piperazine rings is 1. The number of halogens is 2. The Kier molecular flexibility index (Phi) is 7.35. The van der Waals surface area contributed by atoms with E-state index in [4.69, 9.17) is 0 Å². The van der Waals surface area contributed by atoms with Crippen LogP contribution < -0.4 is 10.00 Å². The number of anilines is 1. The Labute approximate surface area is 238 Å². The number of nitrogens with one attached hydrogen (secondary N) is 2. The van der Waals surface area contributed by atoms with E-state index in [1.807, 2.05) is 54.7 Å². The number of fused-ring (bicyclic) bond motifs is 1. The highest BCUT2D eigenvalue weighted by atomic mass is 19.3. The second kappa shape index (κ2) is 11.4. The summed E-state index contributed by atoms with van der Waals surface area (Å²) in [6, 6.07) is 18.0. The lowest BCUT2D eigenvalue weighted by atomic mass is 10.0. The third-order valence-electron chi connectivity index (χ3n) is 7.07. The fraction of sp³-hybridized carbons (Fsp3) is 0.250. The minimum absolute atomic E-state index is 0.150. The number of nitrogens with zero attached hydrogens (tertiary/aromatic N) is 8. The molecule has 14 heteroatoms. The standard InChI is InChI=1S/C28H26F2N10O2/c1-18(41)32-21-7-8-23-20(15-21)17-39(34-23)22-9-10-31-24(16-22)27(42)38-13-11-37(12-14-38)25(19-5-3-2-4-6-19)26-33-36-40(35-26)28(29)30/h2-10,15-17,25,28H,11-14H2,1H3,(H,32,41)/p+1. The molecule has 1 unspecified atom stereocenters. The third-order valence-corrected chi connectivity index (χ3v) is 7.07. The molecule has 0 aliphatic carbocycles. The minimum Gasteiger partial charge on any atom is -0.335 e.